The summed E-state index contributed by atoms with van der Waals surface area (Å²) >= 11 is 0. The van der Waals surface area contributed by atoms with Gasteiger partial charge in [-0.3, -0.25) is 9.69 Å². The number of benzene rings is 1. The number of carbonyl (C=O) groups is 1. The number of hydrogen-bond donors (Lipinski definition) is 1. The molecule has 5 nitrogen and oxygen atoms in total. The molecule has 25 heavy (non-hydrogen) atoms. The molecule has 0 saturated carbocycles. The molecule has 0 fully saturated rings. The lowest BCUT2D eigenvalue weighted by atomic mass is 9.87. The van der Waals surface area contributed by atoms with Gasteiger partial charge in [0.25, 0.3) is 0 Å². The Kier molecular flexibility index (Phi) is 4.74. The van der Waals surface area contributed by atoms with E-state index in [2.05, 4.69) is 44.5 Å². The Balaban J connectivity index is 1.31. The third-order valence-corrected chi connectivity index (χ3v) is 5.31. The van der Waals surface area contributed by atoms with Gasteiger partial charge in [-0.2, -0.15) is 0 Å². The van der Waals surface area contributed by atoms with E-state index in [-0.39, 0.29) is 11.9 Å². The predicted molar refractivity (Wildman–Crippen MR) is 95.9 cm³/mol. The Morgan fingerprint density at radius 2 is 2.16 bits per heavy atom. The van der Waals surface area contributed by atoms with E-state index in [0.29, 0.717) is 6.42 Å². The fourth-order valence-corrected chi connectivity index (χ4v) is 3.93. The summed E-state index contributed by atoms with van der Waals surface area (Å²) in [5, 5.41) is 3.24. The monoisotopic (exact) mass is 336 g/mol. The minimum absolute atomic E-state index is 0.148. The molecule has 1 aromatic heterocycles. The first-order valence-corrected chi connectivity index (χ1v) is 9.17. The molecule has 1 atom stereocenters. The summed E-state index contributed by atoms with van der Waals surface area (Å²) in [6.07, 6.45) is 8.33. The number of rotatable bonds is 4. The molecule has 4 rings (SSSR count). The van der Waals surface area contributed by atoms with Gasteiger partial charge in [-0.1, -0.05) is 24.3 Å². The van der Waals surface area contributed by atoms with E-state index >= 15 is 0 Å². The molecule has 0 bridgehead atoms. The van der Waals surface area contributed by atoms with Crippen LogP contribution in [0, 0.1) is 0 Å². The predicted octanol–water partition coefficient (Wildman–Crippen LogP) is 2.42. The maximum absolute atomic E-state index is 12.4. The van der Waals surface area contributed by atoms with Crippen LogP contribution in [0.3, 0.4) is 0 Å². The van der Waals surface area contributed by atoms with Gasteiger partial charge in [0.2, 0.25) is 5.91 Å². The van der Waals surface area contributed by atoms with Crippen molar-refractivity contribution in [3.05, 3.63) is 59.2 Å². The Morgan fingerprint density at radius 1 is 1.24 bits per heavy atom. The highest BCUT2D eigenvalue weighted by Gasteiger charge is 2.22. The van der Waals surface area contributed by atoms with Gasteiger partial charge in [0, 0.05) is 32.3 Å². The highest BCUT2D eigenvalue weighted by atomic mass is 16.1. The summed E-state index contributed by atoms with van der Waals surface area (Å²) in [5.41, 5.74) is 5.02. The highest BCUT2D eigenvalue weighted by molar-refractivity contribution is 5.76. The maximum atomic E-state index is 12.4. The first-order valence-electron chi connectivity index (χ1n) is 9.17. The first kappa shape index (κ1) is 16.2. The molecule has 0 radical (unpaired) electrons. The molecular weight excluding hydrogens is 312 g/mol. The third kappa shape index (κ3) is 3.71. The molecule has 0 unspecified atom stereocenters. The molecule has 5 heteroatoms. The molecule has 0 spiro atoms. The van der Waals surface area contributed by atoms with Crippen molar-refractivity contribution < 1.29 is 4.79 Å². The first-order chi connectivity index (χ1) is 12.3. The molecule has 1 aliphatic carbocycles. The van der Waals surface area contributed by atoms with Crippen LogP contribution in [0.5, 0.6) is 0 Å². The average molecular weight is 336 g/mol. The lowest BCUT2D eigenvalue weighted by Crippen LogP contribution is -2.36. The summed E-state index contributed by atoms with van der Waals surface area (Å²) < 4.78 is 0. The topological polar surface area (TPSA) is 58.1 Å². The zero-order chi connectivity index (χ0) is 17.1. The van der Waals surface area contributed by atoms with E-state index in [9.17, 15) is 4.79 Å². The largest absolute Gasteiger partial charge is 0.349 e. The van der Waals surface area contributed by atoms with Crippen LogP contribution in [0.25, 0.3) is 0 Å². The van der Waals surface area contributed by atoms with Gasteiger partial charge in [-0.25, -0.2) is 9.97 Å². The minimum atomic E-state index is 0.148. The van der Waals surface area contributed by atoms with Crippen molar-refractivity contribution in [2.75, 3.05) is 13.1 Å². The van der Waals surface area contributed by atoms with Crippen LogP contribution in [0.2, 0.25) is 0 Å². The smallest absolute Gasteiger partial charge is 0.221 e. The van der Waals surface area contributed by atoms with Gasteiger partial charge < -0.3 is 5.32 Å². The van der Waals surface area contributed by atoms with E-state index < -0.39 is 0 Å². The Bertz CT molecular complexity index is 761. The van der Waals surface area contributed by atoms with E-state index in [0.717, 1.165) is 51.0 Å². The van der Waals surface area contributed by atoms with Crippen LogP contribution in [-0.2, 0) is 24.2 Å². The fraction of sp³-hybridized carbons (Fsp3) is 0.450. The molecule has 1 aliphatic heterocycles. The standard InChI is InChI=1S/C20H24N4O/c25-20(23-18-7-3-5-15-4-1-2-6-17(15)18)9-11-24-10-8-16-12-21-14-22-19(16)13-24/h1-2,4,6,12,14,18H,3,5,7-11,13H2,(H,23,25)/t18-/m1/s1. The molecule has 2 heterocycles. The second kappa shape index (κ2) is 7.31. The van der Waals surface area contributed by atoms with Gasteiger partial charge in [-0.05, 0) is 42.4 Å². The van der Waals surface area contributed by atoms with E-state index in [1.54, 1.807) is 6.33 Å². The zero-order valence-corrected chi connectivity index (χ0v) is 14.4. The molecule has 1 N–H and O–H groups in total. The lowest BCUT2D eigenvalue weighted by molar-refractivity contribution is -0.122. The van der Waals surface area contributed by atoms with Gasteiger partial charge in [-0.15, -0.1) is 0 Å². The Morgan fingerprint density at radius 3 is 3.12 bits per heavy atom. The summed E-state index contributed by atoms with van der Waals surface area (Å²) in [6.45, 7) is 2.57. The zero-order valence-electron chi connectivity index (χ0n) is 14.4. The number of aryl methyl sites for hydroxylation is 1. The molecule has 2 aliphatic rings. The molecule has 1 aromatic carbocycles. The van der Waals surface area contributed by atoms with Gasteiger partial charge in [0.05, 0.1) is 11.7 Å². The molecule has 130 valence electrons. The van der Waals surface area contributed by atoms with Crippen molar-refractivity contribution in [2.45, 2.75) is 44.7 Å². The SMILES string of the molecule is O=C(CCN1CCc2cncnc2C1)N[C@@H]1CCCc2ccccc21. The van der Waals surface area contributed by atoms with Crippen LogP contribution in [0.15, 0.2) is 36.8 Å². The van der Waals surface area contributed by atoms with Crippen LogP contribution >= 0.6 is 0 Å². The summed E-state index contributed by atoms with van der Waals surface area (Å²) in [7, 11) is 0. The Labute approximate surface area is 148 Å². The van der Waals surface area contributed by atoms with Gasteiger partial charge in [0.1, 0.15) is 6.33 Å². The molecule has 0 saturated heterocycles. The highest BCUT2D eigenvalue weighted by Crippen LogP contribution is 2.29. The number of aromatic nitrogens is 2. The molecule has 2 aromatic rings. The van der Waals surface area contributed by atoms with Crippen molar-refractivity contribution in [3.8, 4) is 0 Å². The van der Waals surface area contributed by atoms with Crippen LogP contribution in [0.4, 0.5) is 0 Å². The second-order valence-corrected chi connectivity index (χ2v) is 6.98. The maximum Gasteiger partial charge on any atom is 0.221 e. The van der Waals surface area contributed by atoms with Crippen molar-refractivity contribution in [2.24, 2.45) is 0 Å². The van der Waals surface area contributed by atoms with E-state index in [1.807, 2.05) is 6.20 Å². The minimum Gasteiger partial charge on any atom is -0.349 e. The van der Waals surface area contributed by atoms with Crippen LogP contribution in [-0.4, -0.2) is 33.9 Å². The molecular formula is C20H24N4O. The fourth-order valence-electron chi connectivity index (χ4n) is 3.93. The van der Waals surface area contributed by atoms with Gasteiger partial charge in [0.15, 0.2) is 0 Å². The Hall–Kier alpha value is -2.27. The van der Waals surface area contributed by atoms with Gasteiger partial charge >= 0.3 is 0 Å². The summed E-state index contributed by atoms with van der Waals surface area (Å²) in [4.78, 5) is 23.2. The van der Waals surface area contributed by atoms with Crippen molar-refractivity contribution >= 4 is 5.91 Å². The average Bonchev–Trinajstić information content (AvgIpc) is 2.66. The number of carbonyl (C=O) groups excluding carboxylic acids is 1. The second-order valence-electron chi connectivity index (χ2n) is 6.98. The number of nitrogens with one attached hydrogen (secondary N) is 1. The lowest BCUT2D eigenvalue weighted by Gasteiger charge is -2.29. The number of hydrogen-bond acceptors (Lipinski definition) is 4. The van der Waals surface area contributed by atoms with Crippen molar-refractivity contribution in [1.29, 1.82) is 0 Å². The quantitative estimate of drug-likeness (QED) is 0.931. The number of fused-ring (bicyclic) bond motifs is 2. The summed E-state index contributed by atoms with van der Waals surface area (Å²) in [5.74, 6) is 0.148. The van der Waals surface area contributed by atoms with Crippen molar-refractivity contribution in [1.82, 2.24) is 20.2 Å². The normalized spacial score (nSPS) is 19.8. The number of amides is 1. The third-order valence-electron chi connectivity index (χ3n) is 5.31. The van der Waals surface area contributed by atoms with E-state index in [4.69, 9.17) is 0 Å². The number of nitrogens with zero attached hydrogens (tertiary/aromatic N) is 3. The van der Waals surface area contributed by atoms with Crippen LogP contribution in [0.1, 0.15) is 47.7 Å². The molecule has 1 amide bonds. The van der Waals surface area contributed by atoms with E-state index in [1.165, 1.54) is 16.7 Å². The van der Waals surface area contributed by atoms with Crippen LogP contribution < -0.4 is 5.32 Å². The van der Waals surface area contributed by atoms with Crippen molar-refractivity contribution in [3.63, 3.8) is 0 Å². The summed E-state index contributed by atoms with van der Waals surface area (Å²) in [6, 6.07) is 8.66.